The second-order valence-corrected chi connectivity index (χ2v) is 10.5. The van der Waals surface area contributed by atoms with Crippen molar-refractivity contribution in [2.75, 3.05) is 23.5 Å². The Morgan fingerprint density at radius 1 is 1.37 bits per heavy atom. The number of hydrogen-bond acceptors (Lipinski definition) is 5. The first-order chi connectivity index (χ1) is 12.8. The third-order valence-corrected chi connectivity index (χ3v) is 8.45. The number of methoxy groups -OCH3 is 1. The maximum absolute atomic E-state index is 12.6. The molecule has 0 bridgehead atoms. The van der Waals surface area contributed by atoms with Crippen LogP contribution >= 0.6 is 23.4 Å². The summed E-state index contributed by atoms with van der Waals surface area (Å²) in [6.07, 6.45) is 1.44. The van der Waals surface area contributed by atoms with Gasteiger partial charge in [0.05, 0.1) is 30.3 Å². The van der Waals surface area contributed by atoms with Crippen LogP contribution in [0.15, 0.2) is 23.2 Å². The number of aliphatic imine (C=N–C) groups is 1. The lowest BCUT2D eigenvalue weighted by atomic mass is 10.0. The normalized spacial score (nSPS) is 25.2. The zero-order chi connectivity index (χ0) is 19.8. The molecule has 2 heterocycles. The molecule has 0 N–H and O–H groups in total. The molecular weight excluding hydrogens is 408 g/mol. The third kappa shape index (κ3) is 4.12. The number of anilines is 1. The average Bonchev–Trinajstić information content (AvgIpc) is 3.06. The fourth-order valence-corrected chi connectivity index (χ4v) is 7.60. The van der Waals surface area contributed by atoms with Crippen molar-refractivity contribution in [3.05, 3.63) is 23.2 Å². The van der Waals surface area contributed by atoms with Crippen LogP contribution < -0.4 is 9.64 Å². The molecule has 0 aromatic heterocycles. The van der Waals surface area contributed by atoms with Gasteiger partial charge in [0.25, 0.3) is 5.91 Å². The molecule has 0 spiro atoms. The number of hydrogen-bond donors (Lipinski definition) is 0. The molecule has 1 amide bonds. The highest BCUT2D eigenvalue weighted by Crippen LogP contribution is 2.44. The second-order valence-electron chi connectivity index (χ2n) is 6.73. The highest BCUT2D eigenvalue weighted by atomic mass is 35.5. The lowest BCUT2D eigenvalue weighted by molar-refractivity contribution is -0.121. The number of rotatable bonds is 5. The number of halogens is 1. The van der Waals surface area contributed by atoms with Crippen molar-refractivity contribution < 1.29 is 17.9 Å². The van der Waals surface area contributed by atoms with E-state index in [1.165, 1.54) is 11.8 Å². The molecular formula is C18H23ClN2O4S2. The summed E-state index contributed by atoms with van der Waals surface area (Å²) >= 11 is 7.54. The highest BCUT2D eigenvalue weighted by Gasteiger charge is 2.50. The zero-order valence-electron chi connectivity index (χ0n) is 15.5. The summed E-state index contributed by atoms with van der Waals surface area (Å²) in [5.41, 5.74) is 0.637. The Morgan fingerprint density at radius 3 is 2.70 bits per heavy atom. The molecule has 2 atom stereocenters. The number of nitrogens with zero attached hydrogens (tertiary/aromatic N) is 2. The van der Waals surface area contributed by atoms with Crippen molar-refractivity contribution >= 4 is 50.0 Å². The molecule has 2 saturated heterocycles. The Labute approximate surface area is 169 Å². The zero-order valence-corrected chi connectivity index (χ0v) is 17.9. The van der Waals surface area contributed by atoms with E-state index in [2.05, 4.69) is 4.99 Å². The molecule has 0 radical (unpaired) electrons. The first-order valence-electron chi connectivity index (χ1n) is 8.92. The number of sulfone groups is 1. The Hall–Kier alpha value is -1.25. The maximum Gasteiger partial charge on any atom is 0.251 e. The van der Waals surface area contributed by atoms with Gasteiger partial charge in [-0.1, -0.05) is 37.2 Å². The largest absolute Gasteiger partial charge is 0.495 e. The monoisotopic (exact) mass is 430 g/mol. The quantitative estimate of drug-likeness (QED) is 0.712. The Kier molecular flexibility index (Phi) is 6.08. The van der Waals surface area contributed by atoms with E-state index in [1.807, 2.05) is 18.7 Å². The molecule has 0 unspecified atom stereocenters. The molecule has 148 valence electrons. The number of fused-ring (bicyclic) bond motifs is 1. The molecule has 1 aromatic rings. The molecule has 2 aliphatic heterocycles. The van der Waals surface area contributed by atoms with Gasteiger partial charge >= 0.3 is 0 Å². The molecule has 0 aliphatic carbocycles. The molecule has 27 heavy (non-hydrogen) atoms. The Balaban J connectivity index is 2.07. The van der Waals surface area contributed by atoms with Gasteiger partial charge < -0.3 is 9.64 Å². The standard InChI is InChI=1S/C18H23ClN2O4S2/c1-4-11(5-2)17(22)20-18-21(13-8-12(19)6-7-15(13)25-3)14-9-27(23,24)10-16(14)26-18/h6-8,11,14,16H,4-5,9-10H2,1-3H3/t14-,16-/m1/s1. The summed E-state index contributed by atoms with van der Waals surface area (Å²) in [6, 6.07) is 4.88. The molecule has 2 aliphatic rings. The first-order valence-corrected chi connectivity index (χ1v) is 12.0. The topological polar surface area (TPSA) is 76.0 Å². The van der Waals surface area contributed by atoms with Gasteiger partial charge in [-0.25, -0.2) is 8.42 Å². The maximum atomic E-state index is 12.6. The molecule has 6 nitrogen and oxygen atoms in total. The Morgan fingerprint density at radius 2 is 2.07 bits per heavy atom. The lowest BCUT2D eigenvalue weighted by Gasteiger charge is -2.26. The van der Waals surface area contributed by atoms with Crippen molar-refractivity contribution in [2.24, 2.45) is 10.9 Å². The minimum absolute atomic E-state index is 0.0263. The van der Waals surface area contributed by atoms with Gasteiger partial charge in [-0.2, -0.15) is 4.99 Å². The van der Waals surface area contributed by atoms with E-state index in [1.54, 1.807) is 25.3 Å². The summed E-state index contributed by atoms with van der Waals surface area (Å²) in [4.78, 5) is 18.8. The van der Waals surface area contributed by atoms with Crippen LogP contribution in [-0.2, 0) is 14.6 Å². The first kappa shape index (κ1) is 20.5. The van der Waals surface area contributed by atoms with Gasteiger partial charge in [-0.05, 0) is 31.0 Å². The molecule has 3 rings (SSSR count). The summed E-state index contributed by atoms with van der Waals surface area (Å²) in [7, 11) is -1.58. The van der Waals surface area contributed by atoms with Gasteiger partial charge in [0.15, 0.2) is 15.0 Å². The van der Waals surface area contributed by atoms with Gasteiger partial charge in [-0.3, -0.25) is 4.79 Å². The number of benzene rings is 1. The minimum atomic E-state index is -3.13. The summed E-state index contributed by atoms with van der Waals surface area (Å²) in [5.74, 6) is 0.368. The summed E-state index contributed by atoms with van der Waals surface area (Å²) < 4.78 is 29.8. The average molecular weight is 431 g/mol. The molecule has 9 heteroatoms. The van der Waals surface area contributed by atoms with Crippen LogP contribution in [0.3, 0.4) is 0 Å². The smallest absolute Gasteiger partial charge is 0.251 e. The summed E-state index contributed by atoms with van der Waals surface area (Å²) in [5, 5.41) is 0.870. The predicted octanol–water partition coefficient (Wildman–Crippen LogP) is 3.39. The van der Waals surface area contributed by atoms with Crippen LogP contribution in [-0.4, -0.2) is 49.4 Å². The molecule has 2 fully saturated rings. The van der Waals surface area contributed by atoms with Crippen molar-refractivity contribution in [1.82, 2.24) is 0 Å². The number of thioether (sulfide) groups is 1. The van der Waals surface area contributed by atoms with Crippen molar-refractivity contribution in [3.63, 3.8) is 0 Å². The number of carbonyl (C=O) groups excluding carboxylic acids is 1. The van der Waals surface area contributed by atoms with Gasteiger partial charge in [0.1, 0.15) is 5.75 Å². The fraction of sp³-hybridized carbons (Fsp3) is 0.556. The van der Waals surface area contributed by atoms with Crippen LogP contribution in [0.25, 0.3) is 0 Å². The van der Waals surface area contributed by atoms with Crippen molar-refractivity contribution in [3.8, 4) is 5.75 Å². The van der Waals surface area contributed by atoms with Crippen LogP contribution in [0.2, 0.25) is 5.02 Å². The van der Waals surface area contributed by atoms with E-state index in [-0.39, 0.29) is 34.6 Å². The van der Waals surface area contributed by atoms with E-state index in [9.17, 15) is 13.2 Å². The number of amidine groups is 1. The third-order valence-electron chi connectivity index (χ3n) is 5.01. The SMILES string of the molecule is CCC(CC)C(=O)N=C1S[C@@H]2CS(=O)(=O)C[C@H]2N1c1cc(Cl)ccc1OC. The highest BCUT2D eigenvalue weighted by molar-refractivity contribution is 8.16. The van der Waals surface area contributed by atoms with Gasteiger partial charge in [0.2, 0.25) is 0 Å². The lowest BCUT2D eigenvalue weighted by Crippen LogP contribution is -2.38. The molecule has 1 aromatic carbocycles. The second kappa shape index (κ2) is 8.01. The van der Waals surface area contributed by atoms with E-state index in [0.29, 0.717) is 21.6 Å². The van der Waals surface area contributed by atoms with Crippen LogP contribution in [0.5, 0.6) is 5.75 Å². The fourth-order valence-electron chi connectivity index (χ4n) is 3.52. The van der Waals surface area contributed by atoms with Gasteiger partial charge in [-0.15, -0.1) is 0 Å². The van der Waals surface area contributed by atoms with Crippen molar-refractivity contribution in [1.29, 1.82) is 0 Å². The predicted molar refractivity (Wildman–Crippen MR) is 111 cm³/mol. The van der Waals surface area contributed by atoms with Crippen LogP contribution in [0, 0.1) is 5.92 Å². The molecule has 0 saturated carbocycles. The van der Waals surface area contributed by atoms with E-state index in [0.717, 1.165) is 12.8 Å². The number of carbonyl (C=O) groups is 1. The number of amides is 1. The minimum Gasteiger partial charge on any atom is -0.495 e. The Bertz CT molecular complexity index is 868. The van der Waals surface area contributed by atoms with Crippen LogP contribution in [0.4, 0.5) is 5.69 Å². The van der Waals surface area contributed by atoms with Crippen LogP contribution in [0.1, 0.15) is 26.7 Å². The van der Waals surface area contributed by atoms with E-state index < -0.39 is 9.84 Å². The van der Waals surface area contributed by atoms with Gasteiger partial charge in [0, 0.05) is 16.2 Å². The van der Waals surface area contributed by atoms with E-state index in [4.69, 9.17) is 16.3 Å². The van der Waals surface area contributed by atoms with Crippen molar-refractivity contribution in [2.45, 2.75) is 38.0 Å². The number of ether oxygens (including phenoxy) is 1. The van der Waals surface area contributed by atoms with E-state index >= 15 is 0 Å². The summed E-state index contributed by atoms with van der Waals surface area (Å²) in [6.45, 7) is 3.93.